The molecule has 1 amide bonds. The quantitative estimate of drug-likeness (QED) is 0.311. The summed E-state index contributed by atoms with van der Waals surface area (Å²) in [5.41, 5.74) is 0.736. The second-order valence-electron chi connectivity index (χ2n) is 5.96. The Morgan fingerprint density at radius 2 is 1.89 bits per heavy atom. The van der Waals surface area contributed by atoms with Gasteiger partial charge in [-0.1, -0.05) is 0 Å². The molecular formula is C19H30NO6S+. The van der Waals surface area contributed by atoms with E-state index in [1.54, 1.807) is 24.3 Å². The molecule has 8 heteroatoms. The number of benzene rings is 1. The van der Waals surface area contributed by atoms with Crippen LogP contribution >= 0.6 is 0 Å². The minimum Gasteiger partial charge on any atom is -0.493 e. The van der Waals surface area contributed by atoms with Gasteiger partial charge in [0.1, 0.15) is 18.1 Å². The van der Waals surface area contributed by atoms with Crippen molar-refractivity contribution in [2.75, 3.05) is 50.5 Å². The standard InChI is InChI=1S/C19H29NO6S/c1-5-24-19(26-18(22)14-23-2)10-12-25-16-8-6-15(7-9-16)20-17(21)11-13-27(3)4/h6-9,19H,5,10-14H2,1-4H3/p+1. The van der Waals surface area contributed by atoms with Crippen LogP contribution < -0.4 is 10.1 Å². The van der Waals surface area contributed by atoms with Crippen molar-refractivity contribution in [2.45, 2.75) is 26.1 Å². The molecule has 0 spiro atoms. The normalized spacial score (nSPS) is 11.9. The first-order chi connectivity index (χ1) is 12.9. The molecule has 0 fully saturated rings. The molecule has 1 N–H and O–H groups in total. The van der Waals surface area contributed by atoms with Gasteiger partial charge in [0.05, 0.1) is 25.5 Å². The highest BCUT2D eigenvalue weighted by Gasteiger charge is 2.14. The molecule has 0 radical (unpaired) electrons. The summed E-state index contributed by atoms with van der Waals surface area (Å²) in [4.78, 5) is 23.3. The number of nitrogens with one attached hydrogen (secondary N) is 1. The molecule has 1 rings (SSSR count). The number of carbonyl (C=O) groups is 2. The minimum absolute atomic E-state index is 0.0160. The smallest absolute Gasteiger partial charge is 0.334 e. The Morgan fingerprint density at radius 3 is 2.48 bits per heavy atom. The van der Waals surface area contributed by atoms with Crippen molar-refractivity contribution in [1.82, 2.24) is 0 Å². The number of anilines is 1. The van der Waals surface area contributed by atoms with Gasteiger partial charge in [0.25, 0.3) is 0 Å². The Bertz CT molecular complexity index is 564. The predicted molar refractivity (Wildman–Crippen MR) is 107 cm³/mol. The second-order valence-corrected chi connectivity index (χ2v) is 8.34. The molecule has 0 saturated heterocycles. The third-order valence-corrected chi connectivity index (χ3v) is 4.40. The number of ether oxygens (including phenoxy) is 4. The number of rotatable bonds is 13. The fourth-order valence-electron chi connectivity index (χ4n) is 2.09. The van der Waals surface area contributed by atoms with Crippen molar-refractivity contribution in [1.29, 1.82) is 0 Å². The Kier molecular flexibility index (Phi) is 11.6. The van der Waals surface area contributed by atoms with Crippen LogP contribution in [0.25, 0.3) is 0 Å². The van der Waals surface area contributed by atoms with Crippen LogP contribution in [0.4, 0.5) is 5.69 Å². The molecular weight excluding hydrogens is 370 g/mol. The first-order valence-corrected chi connectivity index (χ1v) is 11.0. The summed E-state index contributed by atoms with van der Waals surface area (Å²) in [5, 5.41) is 2.87. The molecule has 1 atom stereocenters. The van der Waals surface area contributed by atoms with E-state index in [0.29, 0.717) is 31.8 Å². The summed E-state index contributed by atoms with van der Waals surface area (Å²) < 4.78 is 20.9. The van der Waals surface area contributed by atoms with Crippen LogP contribution in [0.2, 0.25) is 0 Å². The number of methoxy groups -OCH3 is 1. The van der Waals surface area contributed by atoms with Crippen molar-refractivity contribution in [3.8, 4) is 5.75 Å². The van der Waals surface area contributed by atoms with E-state index in [9.17, 15) is 9.59 Å². The van der Waals surface area contributed by atoms with Gasteiger partial charge >= 0.3 is 5.97 Å². The number of hydrogen-bond acceptors (Lipinski definition) is 6. The lowest BCUT2D eigenvalue weighted by Gasteiger charge is -2.17. The lowest BCUT2D eigenvalue weighted by molar-refractivity contribution is -0.183. The molecule has 7 nitrogen and oxygen atoms in total. The van der Waals surface area contributed by atoms with E-state index in [1.165, 1.54) is 7.11 Å². The van der Waals surface area contributed by atoms with Crippen LogP contribution in [0, 0.1) is 0 Å². The highest BCUT2D eigenvalue weighted by molar-refractivity contribution is 7.95. The molecule has 1 aromatic carbocycles. The largest absolute Gasteiger partial charge is 0.493 e. The van der Waals surface area contributed by atoms with Gasteiger partial charge in [-0.15, -0.1) is 0 Å². The van der Waals surface area contributed by atoms with Crippen LogP contribution in [-0.2, 0) is 34.7 Å². The highest BCUT2D eigenvalue weighted by Crippen LogP contribution is 2.16. The Balaban J connectivity index is 2.39. The van der Waals surface area contributed by atoms with Gasteiger partial charge in [0.15, 0.2) is 0 Å². The van der Waals surface area contributed by atoms with Crippen molar-refractivity contribution in [2.24, 2.45) is 0 Å². The molecule has 0 bridgehead atoms. The van der Waals surface area contributed by atoms with Gasteiger partial charge in [-0.25, -0.2) is 4.79 Å². The van der Waals surface area contributed by atoms with Crippen LogP contribution in [-0.4, -0.2) is 63.4 Å². The number of carbonyl (C=O) groups excluding carboxylic acids is 2. The monoisotopic (exact) mass is 400 g/mol. The Morgan fingerprint density at radius 1 is 1.19 bits per heavy atom. The first-order valence-electron chi connectivity index (χ1n) is 8.81. The topological polar surface area (TPSA) is 83.1 Å². The second kappa shape index (κ2) is 13.4. The average Bonchev–Trinajstić information content (AvgIpc) is 2.62. The zero-order valence-corrected chi connectivity index (χ0v) is 17.3. The zero-order chi connectivity index (χ0) is 20.1. The van der Waals surface area contributed by atoms with E-state index in [2.05, 4.69) is 17.8 Å². The fourth-order valence-corrected chi connectivity index (χ4v) is 2.68. The van der Waals surface area contributed by atoms with Gasteiger partial charge in [-0.2, -0.15) is 0 Å². The maximum absolute atomic E-state index is 11.8. The molecule has 0 heterocycles. The van der Waals surface area contributed by atoms with E-state index in [1.807, 2.05) is 6.92 Å². The summed E-state index contributed by atoms with van der Waals surface area (Å²) in [6.45, 7) is 2.46. The van der Waals surface area contributed by atoms with Crippen molar-refractivity contribution >= 4 is 28.5 Å². The summed E-state index contributed by atoms with van der Waals surface area (Å²) in [6.07, 6.45) is 4.49. The number of hydrogen-bond donors (Lipinski definition) is 1. The lowest BCUT2D eigenvalue weighted by Crippen LogP contribution is -2.25. The van der Waals surface area contributed by atoms with Crippen LogP contribution in [0.5, 0.6) is 5.75 Å². The lowest BCUT2D eigenvalue weighted by atomic mass is 10.3. The van der Waals surface area contributed by atoms with Gasteiger partial charge in [-0.05, 0) is 42.1 Å². The molecule has 1 unspecified atom stereocenters. The molecule has 0 aromatic heterocycles. The Labute approximate surface area is 164 Å². The van der Waals surface area contributed by atoms with Crippen molar-refractivity contribution in [3.05, 3.63) is 24.3 Å². The van der Waals surface area contributed by atoms with Crippen LogP contribution in [0.1, 0.15) is 19.8 Å². The minimum atomic E-state index is -0.669. The van der Waals surface area contributed by atoms with Crippen LogP contribution in [0.3, 0.4) is 0 Å². The SMILES string of the molecule is CCOC(CCOc1ccc(NC(=O)CC[S+](C)C)cc1)OC(=O)COC. The molecule has 152 valence electrons. The Hall–Kier alpha value is -1.77. The molecule has 1 aromatic rings. The molecule has 0 saturated carbocycles. The molecule has 0 aliphatic rings. The van der Waals surface area contributed by atoms with Gasteiger partial charge in [0.2, 0.25) is 12.2 Å². The van der Waals surface area contributed by atoms with Crippen LogP contribution in [0.15, 0.2) is 24.3 Å². The summed E-state index contributed by atoms with van der Waals surface area (Å²) in [7, 11) is 1.69. The van der Waals surface area contributed by atoms with Crippen molar-refractivity contribution in [3.63, 3.8) is 0 Å². The fraction of sp³-hybridized carbons (Fsp3) is 0.579. The molecule has 0 aliphatic heterocycles. The van der Waals surface area contributed by atoms with E-state index in [4.69, 9.17) is 18.9 Å². The maximum atomic E-state index is 11.8. The summed E-state index contributed by atoms with van der Waals surface area (Å²) >= 11 is 0. The van der Waals surface area contributed by atoms with Gasteiger partial charge in [-0.3, -0.25) is 4.79 Å². The van der Waals surface area contributed by atoms with Gasteiger partial charge < -0.3 is 24.3 Å². The third-order valence-electron chi connectivity index (χ3n) is 3.38. The number of esters is 1. The molecule has 27 heavy (non-hydrogen) atoms. The third kappa shape index (κ3) is 10.8. The number of amides is 1. The average molecular weight is 401 g/mol. The van der Waals surface area contributed by atoms with Gasteiger partial charge in [0, 0.05) is 25.8 Å². The van der Waals surface area contributed by atoms with E-state index in [-0.39, 0.29) is 23.4 Å². The van der Waals surface area contributed by atoms with E-state index >= 15 is 0 Å². The highest BCUT2D eigenvalue weighted by atomic mass is 32.2. The predicted octanol–water partition coefficient (Wildman–Crippen LogP) is 2.21. The van der Waals surface area contributed by atoms with E-state index in [0.717, 1.165) is 11.4 Å². The maximum Gasteiger partial charge on any atom is 0.334 e. The summed E-state index contributed by atoms with van der Waals surface area (Å²) in [6, 6.07) is 7.16. The molecule has 0 aliphatic carbocycles. The zero-order valence-electron chi connectivity index (χ0n) is 16.5. The summed E-state index contributed by atoms with van der Waals surface area (Å²) in [5.74, 6) is 1.09. The van der Waals surface area contributed by atoms with E-state index < -0.39 is 12.3 Å². The first kappa shape index (κ1) is 23.3. The van der Waals surface area contributed by atoms with Crippen molar-refractivity contribution < 1.29 is 28.5 Å².